The van der Waals surface area contributed by atoms with E-state index in [0.717, 1.165) is 16.3 Å². The first-order valence-corrected chi connectivity index (χ1v) is 4.33. The van der Waals surface area contributed by atoms with Crippen molar-refractivity contribution in [1.29, 1.82) is 0 Å². The number of allylic oxidation sites excluding steroid dienone is 2. The maximum absolute atomic E-state index is 9.42. The van der Waals surface area contributed by atoms with Crippen molar-refractivity contribution >= 4 is 12.3 Å². The van der Waals surface area contributed by atoms with Crippen molar-refractivity contribution in [2.75, 3.05) is 0 Å². The molecule has 1 N–H and O–H groups in total. The first kappa shape index (κ1) is 7.44. The van der Waals surface area contributed by atoms with E-state index in [1.807, 2.05) is 6.08 Å². The Labute approximate surface area is 79.6 Å². The molecule has 0 saturated carbocycles. The first-order chi connectivity index (χ1) is 6.84. The lowest BCUT2D eigenvalue weighted by molar-refractivity contribution is 0.398. The van der Waals surface area contributed by atoms with Crippen molar-refractivity contribution in [3.63, 3.8) is 0 Å². The molecule has 0 spiro atoms. The van der Waals surface area contributed by atoms with Gasteiger partial charge in [0, 0.05) is 18.2 Å². The van der Waals surface area contributed by atoms with Crippen LogP contribution >= 0.6 is 0 Å². The highest BCUT2D eigenvalue weighted by molar-refractivity contribution is 5.82. The van der Waals surface area contributed by atoms with Crippen molar-refractivity contribution in [3.8, 4) is 0 Å². The molecular formula is C10H7N3O. The van der Waals surface area contributed by atoms with Gasteiger partial charge in [0.15, 0.2) is 5.49 Å². The van der Waals surface area contributed by atoms with E-state index in [1.165, 1.54) is 0 Å². The van der Waals surface area contributed by atoms with E-state index < -0.39 is 0 Å². The molecule has 0 atom stereocenters. The standard InChI is InChI=1S/C10H7N3O/c14-7-2-1-6-4-11-10-9(5-12-13-10)8(6)3-7/h1-2,4-5,14H,3H2. The number of rotatable bonds is 0. The van der Waals surface area contributed by atoms with Crippen LogP contribution in [0.25, 0.3) is 6.08 Å². The van der Waals surface area contributed by atoms with E-state index in [1.54, 1.807) is 18.5 Å². The van der Waals surface area contributed by atoms with Crippen LogP contribution in [0.1, 0.15) is 11.1 Å². The van der Waals surface area contributed by atoms with Crippen molar-refractivity contribution < 1.29 is 5.11 Å². The monoisotopic (exact) mass is 185 g/mol. The Balaban J connectivity index is 2.39. The molecule has 1 aliphatic heterocycles. The van der Waals surface area contributed by atoms with Gasteiger partial charge in [0.1, 0.15) is 0 Å². The zero-order valence-electron chi connectivity index (χ0n) is 7.31. The highest BCUT2D eigenvalue weighted by Gasteiger charge is 2.13. The fourth-order valence-corrected chi connectivity index (χ4v) is 1.69. The maximum Gasteiger partial charge on any atom is 0.183 e. The molecule has 68 valence electrons. The summed E-state index contributed by atoms with van der Waals surface area (Å²) in [5.41, 5.74) is 2.63. The van der Waals surface area contributed by atoms with E-state index in [0.29, 0.717) is 17.7 Å². The fraction of sp³-hybridized carbons (Fsp3) is 0.100. The molecule has 2 aliphatic rings. The van der Waals surface area contributed by atoms with E-state index in [4.69, 9.17) is 0 Å². The van der Waals surface area contributed by atoms with Crippen LogP contribution in [0.4, 0.5) is 0 Å². The average molecular weight is 185 g/mol. The Morgan fingerprint density at radius 1 is 1.29 bits per heavy atom. The molecule has 1 aliphatic carbocycles. The second-order valence-corrected chi connectivity index (χ2v) is 3.28. The minimum absolute atomic E-state index is 0.367. The van der Waals surface area contributed by atoms with Gasteiger partial charge in [0.05, 0.1) is 12.0 Å². The summed E-state index contributed by atoms with van der Waals surface area (Å²) in [6, 6.07) is 0. The molecule has 0 radical (unpaired) electrons. The Morgan fingerprint density at radius 3 is 3.14 bits per heavy atom. The summed E-state index contributed by atoms with van der Waals surface area (Å²) in [5, 5.41) is 18.1. The lowest BCUT2D eigenvalue weighted by atomic mass is 10.0. The van der Waals surface area contributed by atoms with Crippen LogP contribution in [0.3, 0.4) is 0 Å². The van der Waals surface area contributed by atoms with Crippen molar-refractivity contribution in [1.82, 2.24) is 4.98 Å². The molecule has 0 fully saturated rings. The van der Waals surface area contributed by atoms with Crippen LogP contribution in [0.2, 0.25) is 0 Å². The van der Waals surface area contributed by atoms with Crippen LogP contribution in [0, 0.1) is 0 Å². The van der Waals surface area contributed by atoms with Crippen LogP contribution in [-0.2, 0) is 6.42 Å². The van der Waals surface area contributed by atoms with E-state index in [9.17, 15) is 5.11 Å². The Morgan fingerprint density at radius 2 is 2.21 bits per heavy atom. The van der Waals surface area contributed by atoms with E-state index in [2.05, 4.69) is 15.2 Å². The Kier molecular flexibility index (Phi) is 1.33. The quantitative estimate of drug-likeness (QED) is 0.610. The van der Waals surface area contributed by atoms with Gasteiger partial charge in [-0.1, -0.05) is 0 Å². The lowest BCUT2D eigenvalue weighted by Gasteiger charge is -2.07. The van der Waals surface area contributed by atoms with Crippen LogP contribution in [-0.4, -0.2) is 16.3 Å². The van der Waals surface area contributed by atoms with Gasteiger partial charge in [-0.3, -0.25) is 0 Å². The average Bonchev–Trinajstić information content (AvgIpc) is 2.65. The molecule has 1 aromatic heterocycles. The van der Waals surface area contributed by atoms with Gasteiger partial charge in [-0.2, -0.15) is 5.10 Å². The van der Waals surface area contributed by atoms with Gasteiger partial charge in [-0.25, -0.2) is 4.98 Å². The lowest BCUT2D eigenvalue weighted by Crippen LogP contribution is -2.25. The SMILES string of the molecule is OC1=CC=c2cnc3c(c2C1)C=NN=3. The number of fused-ring (bicyclic) bond motifs is 3. The molecular weight excluding hydrogens is 178 g/mol. The van der Waals surface area contributed by atoms with Gasteiger partial charge in [0.25, 0.3) is 0 Å². The fourth-order valence-electron chi connectivity index (χ4n) is 1.69. The molecule has 0 bridgehead atoms. The molecule has 0 aromatic carbocycles. The number of pyridine rings is 1. The second kappa shape index (κ2) is 2.51. The summed E-state index contributed by atoms with van der Waals surface area (Å²) in [6.07, 6.45) is 7.54. The number of hydrogen-bond acceptors (Lipinski definition) is 4. The van der Waals surface area contributed by atoms with Gasteiger partial charge in [-0.05, 0) is 22.9 Å². The molecule has 0 amide bonds. The summed E-state index contributed by atoms with van der Waals surface area (Å²) >= 11 is 0. The minimum Gasteiger partial charge on any atom is -0.512 e. The molecule has 3 rings (SSSR count). The smallest absolute Gasteiger partial charge is 0.183 e. The third kappa shape index (κ3) is 0.907. The van der Waals surface area contributed by atoms with Crippen molar-refractivity contribution in [3.05, 3.63) is 39.9 Å². The van der Waals surface area contributed by atoms with Crippen LogP contribution < -0.4 is 10.7 Å². The Bertz CT molecular complexity index is 584. The molecule has 4 nitrogen and oxygen atoms in total. The molecule has 4 heteroatoms. The summed E-state index contributed by atoms with van der Waals surface area (Å²) < 4.78 is 0. The predicted molar refractivity (Wildman–Crippen MR) is 51.5 cm³/mol. The number of aliphatic hydroxyl groups is 1. The summed E-state index contributed by atoms with van der Waals surface area (Å²) in [6.45, 7) is 0. The van der Waals surface area contributed by atoms with Crippen LogP contribution in [0.15, 0.2) is 28.2 Å². The van der Waals surface area contributed by atoms with Crippen molar-refractivity contribution in [2.45, 2.75) is 6.42 Å². The van der Waals surface area contributed by atoms with E-state index in [-0.39, 0.29) is 0 Å². The van der Waals surface area contributed by atoms with Gasteiger partial charge in [-0.15, -0.1) is 5.10 Å². The van der Waals surface area contributed by atoms with Crippen LogP contribution in [0.5, 0.6) is 0 Å². The van der Waals surface area contributed by atoms with Gasteiger partial charge in [0.2, 0.25) is 0 Å². The maximum atomic E-state index is 9.42. The number of hydrogen-bond donors (Lipinski definition) is 1. The predicted octanol–water partition coefficient (Wildman–Crippen LogP) is -0.173. The highest BCUT2D eigenvalue weighted by atomic mass is 16.3. The molecule has 2 heterocycles. The van der Waals surface area contributed by atoms with E-state index >= 15 is 0 Å². The third-order valence-electron chi connectivity index (χ3n) is 2.39. The normalized spacial score (nSPS) is 16.4. The molecule has 0 saturated heterocycles. The second-order valence-electron chi connectivity index (χ2n) is 3.28. The minimum atomic E-state index is 0.367. The Hall–Kier alpha value is -1.97. The zero-order valence-corrected chi connectivity index (χ0v) is 7.31. The molecule has 1 aromatic rings. The highest BCUT2D eigenvalue weighted by Crippen LogP contribution is 2.08. The first-order valence-electron chi connectivity index (χ1n) is 4.33. The summed E-state index contributed by atoms with van der Waals surface area (Å²) in [5.74, 6) is 0.367. The number of nitrogens with zero attached hydrogens (tertiary/aromatic N) is 3. The summed E-state index contributed by atoms with van der Waals surface area (Å²) in [4.78, 5) is 4.16. The molecule has 14 heavy (non-hydrogen) atoms. The topological polar surface area (TPSA) is 57.8 Å². The van der Waals surface area contributed by atoms with Crippen molar-refractivity contribution in [2.24, 2.45) is 10.2 Å². The number of aliphatic hydroxyl groups excluding tert-OH is 1. The zero-order chi connectivity index (χ0) is 9.54. The number of aromatic nitrogens is 1. The third-order valence-corrected chi connectivity index (χ3v) is 2.39. The molecule has 0 unspecified atom stereocenters. The van der Waals surface area contributed by atoms with Gasteiger partial charge < -0.3 is 5.11 Å². The summed E-state index contributed by atoms with van der Waals surface area (Å²) in [7, 11) is 0. The largest absolute Gasteiger partial charge is 0.512 e. The van der Waals surface area contributed by atoms with Gasteiger partial charge >= 0.3 is 0 Å².